The molecule has 0 aliphatic carbocycles. The molecule has 1 N–H and O–H groups in total. The van der Waals surface area contributed by atoms with Crippen LogP contribution in [0.2, 0.25) is 0 Å². The van der Waals surface area contributed by atoms with Crippen LogP contribution in [0.5, 0.6) is 11.6 Å². The Kier molecular flexibility index (Phi) is 4.06. The average molecular weight is 322 g/mol. The third kappa shape index (κ3) is 2.87. The van der Waals surface area contributed by atoms with Crippen molar-refractivity contribution in [1.29, 1.82) is 0 Å². The maximum atomic E-state index is 10.5. The molecule has 0 radical (unpaired) electrons. The van der Waals surface area contributed by atoms with E-state index >= 15 is 0 Å². The Bertz CT molecular complexity index is 829. The second kappa shape index (κ2) is 6.04. The molecule has 0 aliphatic heterocycles. The van der Waals surface area contributed by atoms with Crippen molar-refractivity contribution in [1.82, 2.24) is 9.78 Å². The van der Waals surface area contributed by atoms with E-state index in [-0.39, 0.29) is 11.3 Å². The van der Waals surface area contributed by atoms with Gasteiger partial charge in [0, 0.05) is 11.1 Å². The first-order valence-electron chi connectivity index (χ1n) is 7.94. The van der Waals surface area contributed by atoms with Crippen LogP contribution in [0.25, 0.3) is 16.9 Å². The maximum absolute atomic E-state index is 10.5. The highest BCUT2D eigenvalue weighted by Crippen LogP contribution is 2.40. The molecular weight excluding hydrogens is 300 g/mol. The maximum Gasteiger partial charge on any atom is 0.235 e. The average Bonchev–Trinajstić information content (AvgIpc) is 2.93. The van der Waals surface area contributed by atoms with Crippen molar-refractivity contribution in [2.75, 3.05) is 7.11 Å². The van der Waals surface area contributed by atoms with Crippen molar-refractivity contribution in [3.63, 3.8) is 0 Å². The SMILES string of the molecule is COc1ccc(-n2nc(O)c(C(C)(C)C)c2-c2ccccc2)cc1. The molecule has 0 aliphatic rings. The number of methoxy groups -OCH3 is 1. The summed E-state index contributed by atoms with van der Waals surface area (Å²) < 4.78 is 7.02. The van der Waals surface area contributed by atoms with Gasteiger partial charge in [-0.15, -0.1) is 5.10 Å². The van der Waals surface area contributed by atoms with Gasteiger partial charge in [0.1, 0.15) is 5.75 Å². The first-order chi connectivity index (χ1) is 11.4. The molecule has 0 saturated carbocycles. The van der Waals surface area contributed by atoms with E-state index in [4.69, 9.17) is 4.74 Å². The second-order valence-corrected chi connectivity index (χ2v) is 6.77. The molecule has 4 heteroatoms. The predicted octanol–water partition coefficient (Wildman–Crippen LogP) is 4.55. The number of aromatic nitrogens is 2. The molecule has 0 spiro atoms. The van der Waals surface area contributed by atoms with E-state index in [9.17, 15) is 5.11 Å². The highest BCUT2D eigenvalue weighted by molar-refractivity contribution is 5.69. The minimum absolute atomic E-state index is 0.0668. The van der Waals surface area contributed by atoms with Crippen LogP contribution in [0.15, 0.2) is 54.6 Å². The van der Waals surface area contributed by atoms with Crippen LogP contribution in [0.4, 0.5) is 0 Å². The van der Waals surface area contributed by atoms with E-state index < -0.39 is 0 Å². The lowest BCUT2D eigenvalue weighted by Crippen LogP contribution is -2.12. The van der Waals surface area contributed by atoms with Gasteiger partial charge in [-0.2, -0.15) is 0 Å². The van der Waals surface area contributed by atoms with Gasteiger partial charge >= 0.3 is 0 Å². The second-order valence-electron chi connectivity index (χ2n) is 6.77. The summed E-state index contributed by atoms with van der Waals surface area (Å²) in [4.78, 5) is 0. The number of hydrogen-bond acceptors (Lipinski definition) is 3. The molecule has 0 amide bonds. The van der Waals surface area contributed by atoms with Crippen molar-refractivity contribution >= 4 is 0 Å². The molecule has 3 aromatic rings. The fourth-order valence-electron chi connectivity index (χ4n) is 2.87. The Morgan fingerprint density at radius 2 is 1.58 bits per heavy atom. The van der Waals surface area contributed by atoms with E-state index in [1.807, 2.05) is 54.6 Å². The summed E-state index contributed by atoms with van der Waals surface area (Å²) in [7, 11) is 1.64. The lowest BCUT2D eigenvalue weighted by Gasteiger charge is -2.20. The number of ether oxygens (including phenoxy) is 1. The molecule has 4 nitrogen and oxygen atoms in total. The Morgan fingerprint density at radius 3 is 2.12 bits per heavy atom. The number of aromatic hydroxyl groups is 1. The smallest absolute Gasteiger partial charge is 0.235 e. The molecule has 1 heterocycles. The van der Waals surface area contributed by atoms with Gasteiger partial charge in [0.15, 0.2) is 0 Å². The van der Waals surface area contributed by atoms with Crippen LogP contribution < -0.4 is 4.74 Å². The third-order valence-corrected chi connectivity index (χ3v) is 3.98. The molecule has 0 fully saturated rings. The molecular formula is C20H22N2O2. The third-order valence-electron chi connectivity index (χ3n) is 3.98. The van der Waals surface area contributed by atoms with Gasteiger partial charge in [-0.3, -0.25) is 0 Å². The van der Waals surface area contributed by atoms with Crippen molar-refractivity contribution in [2.24, 2.45) is 0 Å². The van der Waals surface area contributed by atoms with Gasteiger partial charge in [0.05, 0.1) is 18.5 Å². The lowest BCUT2D eigenvalue weighted by atomic mass is 9.85. The first kappa shape index (κ1) is 16.1. The summed E-state index contributed by atoms with van der Waals surface area (Å²) in [6, 6.07) is 17.7. The van der Waals surface area contributed by atoms with Crippen LogP contribution in [0.3, 0.4) is 0 Å². The van der Waals surface area contributed by atoms with Crippen molar-refractivity contribution in [2.45, 2.75) is 26.2 Å². The number of rotatable bonds is 3. The monoisotopic (exact) mass is 322 g/mol. The summed E-state index contributed by atoms with van der Waals surface area (Å²) >= 11 is 0. The fourth-order valence-corrected chi connectivity index (χ4v) is 2.87. The minimum atomic E-state index is -0.236. The lowest BCUT2D eigenvalue weighted by molar-refractivity contribution is 0.414. The Morgan fingerprint density at radius 1 is 0.958 bits per heavy atom. The number of nitrogens with zero attached hydrogens (tertiary/aromatic N) is 2. The van der Waals surface area contributed by atoms with Crippen LogP contribution in [0, 0.1) is 0 Å². The highest BCUT2D eigenvalue weighted by atomic mass is 16.5. The standard InChI is InChI=1S/C20H22N2O2/c1-20(2,3)17-18(14-8-6-5-7-9-14)22(21-19(17)23)15-10-12-16(24-4)13-11-15/h5-13H,1-4H3,(H,21,23). The topological polar surface area (TPSA) is 47.3 Å². The molecule has 0 bridgehead atoms. The van der Waals surface area contributed by atoms with E-state index in [1.54, 1.807) is 11.8 Å². The minimum Gasteiger partial charge on any atom is -0.497 e. The largest absolute Gasteiger partial charge is 0.497 e. The van der Waals surface area contributed by atoms with Gasteiger partial charge in [0.25, 0.3) is 0 Å². The van der Waals surface area contributed by atoms with Gasteiger partial charge in [-0.1, -0.05) is 51.1 Å². The quantitative estimate of drug-likeness (QED) is 0.769. The van der Waals surface area contributed by atoms with Gasteiger partial charge < -0.3 is 9.84 Å². The first-order valence-corrected chi connectivity index (χ1v) is 7.94. The Hall–Kier alpha value is -2.75. The molecule has 24 heavy (non-hydrogen) atoms. The molecule has 1 aromatic heterocycles. The Labute approximate surface area is 142 Å². The molecule has 0 saturated heterocycles. The van der Waals surface area contributed by atoms with Crippen molar-refractivity contribution in [3.05, 3.63) is 60.2 Å². The highest BCUT2D eigenvalue weighted by Gasteiger charge is 2.29. The Balaban J connectivity index is 2.26. The predicted molar refractivity (Wildman–Crippen MR) is 95.9 cm³/mol. The molecule has 124 valence electrons. The molecule has 0 unspecified atom stereocenters. The van der Waals surface area contributed by atoms with Crippen LogP contribution in [-0.4, -0.2) is 22.0 Å². The zero-order chi connectivity index (χ0) is 17.3. The zero-order valence-electron chi connectivity index (χ0n) is 14.4. The zero-order valence-corrected chi connectivity index (χ0v) is 14.4. The van der Waals surface area contributed by atoms with E-state index in [0.717, 1.165) is 28.3 Å². The fraction of sp³-hybridized carbons (Fsp3) is 0.250. The van der Waals surface area contributed by atoms with Gasteiger partial charge in [0.2, 0.25) is 5.88 Å². The van der Waals surface area contributed by atoms with Crippen LogP contribution in [0.1, 0.15) is 26.3 Å². The number of benzene rings is 2. The van der Waals surface area contributed by atoms with Gasteiger partial charge in [-0.05, 0) is 29.7 Å². The summed E-state index contributed by atoms with van der Waals surface area (Å²) in [5.41, 5.74) is 3.40. The molecule has 3 rings (SSSR count). The summed E-state index contributed by atoms with van der Waals surface area (Å²) in [5, 5.41) is 14.9. The summed E-state index contributed by atoms with van der Waals surface area (Å²) in [6.07, 6.45) is 0. The molecule has 2 aromatic carbocycles. The van der Waals surface area contributed by atoms with Crippen LogP contribution in [-0.2, 0) is 5.41 Å². The summed E-state index contributed by atoms with van der Waals surface area (Å²) in [6.45, 7) is 6.23. The van der Waals surface area contributed by atoms with Crippen LogP contribution >= 0.6 is 0 Å². The van der Waals surface area contributed by atoms with Gasteiger partial charge in [-0.25, -0.2) is 4.68 Å². The molecule has 0 atom stereocenters. The normalized spacial score (nSPS) is 11.5. The van der Waals surface area contributed by atoms with E-state index in [2.05, 4.69) is 25.9 Å². The number of hydrogen-bond donors (Lipinski definition) is 1. The summed E-state index contributed by atoms with van der Waals surface area (Å²) in [5.74, 6) is 0.851. The van der Waals surface area contributed by atoms with Crippen molar-refractivity contribution in [3.8, 4) is 28.6 Å². The van der Waals surface area contributed by atoms with Crippen molar-refractivity contribution < 1.29 is 9.84 Å². The van der Waals surface area contributed by atoms with E-state index in [1.165, 1.54) is 0 Å². The van der Waals surface area contributed by atoms with E-state index in [0.29, 0.717) is 0 Å².